The van der Waals surface area contributed by atoms with E-state index in [1.807, 2.05) is 6.07 Å². The van der Waals surface area contributed by atoms with Gasteiger partial charge in [0.2, 0.25) is 5.91 Å². The topological polar surface area (TPSA) is 64.3 Å². The summed E-state index contributed by atoms with van der Waals surface area (Å²) >= 11 is 0. The van der Waals surface area contributed by atoms with Crippen molar-refractivity contribution in [1.29, 1.82) is 5.26 Å². The van der Waals surface area contributed by atoms with Crippen molar-refractivity contribution < 1.29 is 10.0 Å². The Morgan fingerprint density at radius 3 is 2.38 bits per heavy atom. The number of carbonyl (C=O) groups is 1. The van der Waals surface area contributed by atoms with E-state index in [4.69, 9.17) is 10.5 Å². The Hall–Kier alpha value is -1.86. The van der Waals surface area contributed by atoms with Gasteiger partial charge in [-0.05, 0) is 24.3 Å². The van der Waals surface area contributed by atoms with E-state index in [0.717, 1.165) is 0 Å². The van der Waals surface area contributed by atoms with Gasteiger partial charge in [-0.2, -0.15) is 10.3 Å². The Bertz CT molecular complexity index is 351. The zero-order valence-electron chi connectivity index (χ0n) is 7.06. The number of anilines is 1. The van der Waals surface area contributed by atoms with Crippen molar-refractivity contribution in [3.63, 3.8) is 0 Å². The van der Waals surface area contributed by atoms with Gasteiger partial charge in [-0.25, -0.2) is 0 Å². The number of hydroxylamine groups is 1. The molecule has 0 heterocycles. The third kappa shape index (κ3) is 2.04. The highest BCUT2D eigenvalue weighted by Crippen LogP contribution is 2.12. The van der Waals surface area contributed by atoms with Gasteiger partial charge in [-0.1, -0.05) is 0 Å². The number of hydrogen-bond donors (Lipinski definition) is 1. The minimum absolute atomic E-state index is 0.353. The number of benzene rings is 1. The number of rotatable bonds is 1. The molecule has 0 aliphatic heterocycles. The molecular weight excluding hydrogens is 168 g/mol. The van der Waals surface area contributed by atoms with E-state index in [-0.39, 0.29) is 0 Å². The maximum absolute atomic E-state index is 10.7. The van der Waals surface area contributed by atoms with E-state index in [1.54, 1.807) is 0 Å². The van der Waals surface area contributed by atoms with Crippen LogP contribution < -0.4 is 5.06 Å². The largest absolute Gasteiger partial charge is 0.281 e. The lowest BCUT2D eigenvalue weighted by Crippen LogP contribution is -2.23. The molecule has 0 atom stereocenters. The minimum atomic E-state index is -0.468. The van der Waals surface area contributed by atoms with E-state index in [1.165, 1.54) is 31.2 Å². The average Bonchev–Trinajstić information content (AvgIpc) is 2.17. The van der Waals surface area contributed by atoms with Crippen molar-refractivity contribution >= 4 is 11.6 Å². The van der Waals surface area contributed by atoms with Gasteiger partial charge in [0.25, 0.3) is 0 Å². The summed E-state index contributed by atoms with van der Waals surface area (Å²) in [5.41, 5.74) is 0.840. The molecule has 4 nitrogen and oxygen atoms in total. The average molecular weight is 176 g/mol. The third-order valence-corrected chi connectivity index (χ3v) is 1.54. The molecule has 0 saturated heterocycles. The van der Waals surface area contributed by atoms with Crippen LogP contribution in [-0.2, 0) is 4.79 Å². The molecular formula is C9H8N2O2. The molecule has 0 unspecified atom stereocenters. The Kier molecular flexibility index (Phi) is 2.62. The monoisotopic (exact) mass is 176 g/mol. The lowest BCUT2D eigenvalue weighted by molar-refractivity contribution is -0.121. The fourth-order valence-corrected chi connectivity index (χ4v) is 0.859. The normalized spacial score (nSPS) is 9.00. The number of hydrogen-bond acceptors (Lipinski definition) is 3. The van der Waals surface area contributed by atoms with Crippen LogP contribution in [0.3, 0.4) is 0 Å². The maximum Gasteiger partial charge on any atom is 0.247 e. The first-order valence-corrected chi connectivity index (χ1v) is 3.65. The van der Waals surface area contributed by atoms with Crippen LogP contribution in [0.1, 0.15) is 12.5 Å². The second kappa shape index (κ2) is 3.70. The van der Waals surface area contributed by atoms with Crippen LogP contribution in [0.4, 0.5) is 5.69 Å². The van der Waals surface area contributed by atoms with Crippen molar-refractivity contribution in [2.45, 2.75) is 6.92 Å². The molecule has 0 radical (unpaired) electrons. The van der Waals surface area contributed by atoms with E-state index >= 15 is 0 Å². The SMILES string of the molecule is CC(=O)N(O)c1ccc(C#N)cc1. The summed E-state index contributed by atoms with van der Waals surface area (Å²) < 4.78 is 0. The summed E-state index contributed by atoms with van der Waals surface area (Å²) in [5.74, 6) is -0.468. The van der Waals surface area contributed by atoms with Gasteiger partial charge in [0.1, 0.15) is 0 Å². The van der Waals surface area contributed by atoms with Crippen LogP contribution in [0.15, 0.2) is 24.3 Å². The molecule has 1 rings (SSSR count). The van der Waals surface area contributed by atoms with Gasteiger partial charge in [0.05, 0.1) is 17.3 Å². The van der Waals surface area contributed by atoms with Gasteiger partial charge in [-0.3, -0.25) is 10.0 Å². The fraction of sp³-hybridized carbons (Fsp3) is 0.111. The molecule has 66 valence electrons. The van der Waals surface area contributed by atoms with E-state index < -0.39 is 5.91 Å². The predicted molar refractivity (Wildman–Crippen MR) is 46.1 cm³/mol. The molecule has 13 heavy (non-hydrogen) atoms. The van der Waals surface area contributed by atoms with E-state index in [2.05, 4.69) is 0 Å². The van der Waals surface area contributed by atoms with Crippen molar-refractivity contribution in [3.8, 4) is 6.07 Å². The van der Waals surface area contributed by atoms with Crippen LogP contribution in [-0.4, -0.2) is 11.1 Å². The molecule has 1 amide bonds. The first-order valence-electron chi connectivity index (χ1n) is 3.65. The molecule has 0 bridgehead atoms. The molecule has 0 aliphatic carbocycles. The lowest BCUT2D eigenvalue weighted by Gasteiger charge is -2.11. The van der Waals surface area contributed by atoms with Gasteiger partial charge < -0.3 is 0 Å². The molecule has 4 heteroatoms. The highest BCUT2D eigenvalue weighted by atomic mass is 16.5. The summed E-state index contributed by atoms with van der Waals surface area (Å²) in [7, 11) is 0. The van der Waals surface area contributed by atoms with Crippen molar-refractivity contribution in [2.24, 2.45) is 0 Å². The van der Waals surface area contributed by atoms with Crippen LogP contribution in [0.25, 0.3) is 0 Å². The minimum Gasteiger partial charge on any atom is -0.281 e. The second-order valence-electron chi connectivity index (χ2n) is 2.49. The van der Waals surface area contributed by atoms with Crippen molar-refractivity contribution in [3.05, 3.63) is 29.8 Å². The molecule has 0 saturated carbocycles. The number of nitriles is 1. The van der Waals surface area contributed by atoms with E-state index in [0.29, 0.717) is 16.3 Å². The summed E-state index contributed by atoms with van der Waals surface area (Å²) in [6.45, 7) is 1.25. The Labute approximate surface area is 75.6 Å². The standard InChI is InChI=1S/C9H8N2O2/c1-7(12)11(13)9-4-2-8(6-10)3-5-9/h2-5,13H,1H3. The Morgan fingerprint density at radius 1 is 1.46 bits per heavy atom. The smallest absolute Gasteiger partial charge is 0.247 e. The number of amides is 1. The molecule has 0 spiro atoms. The van der Waals surface area contributed by atoms with Crippen LogP contribution in [0.2, 0.25) is 0 Å². The van der Waals surface area contributed by atoms with Crippen LogP contribution in [0.5, 0.6) is 0 Å². The number of carbonyl (C=O) groups excluding carboxylic acids is 1. The fourth-order valence-electron chi connectivity index (χ4n) is 0.859. The first-order chi connectivity index (χ1) is 6.15. The maximum atomic E-state index is 10.7. The van der Waals surface area contributed by atoms with E-state index in [9.17, 15) is 4.79 Å². The van der Waals surface area contributed by atoms with Crippen molar-refractivity contribution in [1.82, 2.24) is 0 Å². The first kappa shape index (κ1) is 9.23. The van der Waals surface area contributed by atoms with Crippen LogP contribution >= 0.6 is 0 Å². The highest BCUT2D eigenvalue weighted by Gasteiger charge is 2.06. The predicted octanol–water partition coefficient (Wildman–Crippen LogP) is 1.30. The van der Waals surface area contributed by atoms with Gasteiger partial charge >= 0.3 is 0 Å². The van der Waals surface area contributed by atoms with Gasteiger partial charge in [0.15, 0.2) is 0 Å². The summed E-state index contributed by atoms with van der Waals surface area (Å²) in [5, 5.41) is 18.2. The second-order valence-corrected chi connectivity index (χ2v) is 2.49. The van der Waals surface area contributed by atoms with Crippen molar-refractivity contribution in [2.75, 3.05) is 5.06 Å². The third-order valence-electron chi connectivity index (χ3n) is 1.54. The Morgan fingerprint density at radius 2 is 2.00 bits per heavy atom. The lowest BCUT2D eigenvalue weighted by atomic mass is 10.2. The molecule has 0 aromatic heterocycles. The summed E-state index contributed by atoms with van der Waals surface area (Å²) in [6.07, 6.45) is 0. The summed E-state index contributed by atoms with van der Waals surface area (Å²) in [6, 6.07) is 8.00. The molecule has 1 aromatic rings. The zero-order valence-corrected chi connectivity index (χ0v) is 7.06. The molecule has 0 fully saturated rings. The summed E-state index contributed by atoms with van der Waals surface area (Å²) in [4.78, 5) is 10.7. The molecule has 1 aromatic carbocycles. The van der Waals surface area contributed by atoms with Gasteiger partial charge in [-0.15, -0.1) is 0 Å². The van der Waals surface area contributed by atoms with Gasteiger partial charge in [0, 0.05) is 6.92 Å². The van der Waals surface area contributed by atoms with Crippen LogP contribution in [0, 0.1) is 11.3 Å². The quantitative estimate of drug-likeness (QED) is 0.518. The number of nitrogens with zero attached hydrogens (tertiary/aromatic N) is 2. The molecule has 1 N–H and O–H groups in total. The highest BCUT2D eigenvalue weighted by molar-refractivity contribution is 5.88. The molecule has 0 aliphatic rings. The Balaban J connectivity index is 2.93. The zero-order chi connectivity index (χ0) is 9.84.